The lowest BCUT2D eigenvalue weighted by atomic mass is 10.2. The number of nitrogens with two attached hydrogens (primary N) is 1. The molecule has 0 atom stereocenters. The molecule has 1 aliphatic rings. The topological polar surface area (TPSA) is 81.6 Å². The molecule has 1 saturated heterocycles. The Morgan fingerprint density at radius 1 is 1.41 bits per heavy atom. The van der Waals surface area contributed by atoms with Crippen LogP contribution in [0, 0.1) is 10.1 Å². The Balaban J connectivity index is 2.42. The summed E-state index contributed by atoms with van der Waals surface area (Å²) in [4.78, 5) is 12.4. The molecule has 0 saturated carbocycles. The van der Waals surface area contributed by atoms with Crippen molar-refractivity contribution in [1.29, 1.82) is 0 Å². The van der Waals surface area contributed by atoms with Crippen molar-refractivity contribution in [3.8, 4) is 0 Å². The SMILES string of the molecule is Nc1cc(N2CCOCC2)c([N+](=O)[O-])cc1Cl. The van der Waals surface area contributed by atoms with Crippen LogP contribution in [0.4, 0.5) is 17.1 Å². The Kier molecular flexibility index (Phi) is 3.35. The molecule has 2 N–H and O–H groups in total. The molecule has 1 heterocycles. The van der Waals surface area contributed by atoms with E-state index in [-0.39, 0.29) is 10.7 Å². The van der Waals surface area contributed by atoms with Crippen LogP contribution in [0.15, 0.2) is 12.1 Å². The molecule has 0 bridgehead atoms. The summed E-state index contributed by atoms with van der Waals surface area (Å²) in [6, 6.07) is 2.84. The van der Waals surface area contributed by atoms with Gasteiger partial charge in [-0.15, -0.1) is 0 Å². The zero-order valence-electron chi connectivity index (χ0n) is 9.06. The second-order valence-corrected chi connectivity index (χ2v) is 4.13. The van der Waals surface area contributed by atoms with E-state index < -0.39 is 4.92 Å². The maximum atomic E-state index is 11.0. The van der Waals surface area contributed by atoms with Crippen LogP contribution < -0.4 is 10.6 Å². The van der Waals surface area contributed by atoms with Gasteiger partial charge in [0.25, 0.3) is 5.69 Å². The maximum absolute atomic E-state index is 11.0. The number of nitrogens with zero attached hydrogens (tertiary/aromatic N) is 2. The molecule has 1 aliphatic heterocycles. The van der Waals surface area contributed by atoms with Gasteiger partial charge in [-0.2, -0.15) is 0 Å². The third-order valence-corrected chi connectivity index (χ3v) is 2.97. The predicted molar refractivity (Wildman–Crippen MR) is 65.6 cm³/mol. The van der Waals surface area contributed by atoms with Gasteiger partial charge in [0.1, 0.15) is 5.69 Å². The quantitative estimate of drug-likeness (QED) is 0.495. The summed E-state index contributed by atoms with van der Waals surface area (Å²) < 4.78 is 5.21. The number of anilines is 2. The minimum atomic E-state index is -0.448. The van der Waals surface area contributed by atoms with E-state index in [1.807, 2.05) is 4.90 Å². The number of ether oxygens (including phenoxy) is 1. The lowest BCUT2D eigenvalue weighted by Crippen LogP contribution is -2.36. The molecule has 0 unspecified atom stereocenters. The minimum absolute atomic E-state index is 0.0221. The average molecular weight is 258 g/mol. The van der Waals surface area contributed by atoms with E-state index in [0.29, 0.717) is 37.7 Å². The van der Waals surface area contributed by atoms with Crippen LogP contribution in [0.1, 0.15) is 0 Å². The monoisotopic (exact) mass is 257 g/mol. The summed E-state index contributed by atoms with van der Waals surface area (Å²) in [7, 11) is 0. The Bertz CT molecular complexity index is 447. The van der Waals surface area contributed by atoms with E-state index in [1.54, 1.807) is 6.07 Å². The van der Waals surface area contributed by atoms with Gasteiger partial charge in [0.05, 0.1) is 28.8 Å². The highest BCUT2D eigenvalue weighted by molar-refractivity contribution is 6.33. The fourth-order valence-corrected chi connectivity index (χ4v) is 1.93. The molecule has 7 heteroatoms. The Hall–Kier alpha value is -1.53. The van der Waals surface area contributed by atoms with Gasteiger partial charge in [-0.25, -0.2) is 0 Å². The van der Waals surface area contributed by atoms with Crippen LogP contribution in [0.3, 0.4) is 0 Å². The first-order valence-electron chi connectivity index (χ1n) is 5.15. The highest BCUT2D eigenvalue weighted by Gasteiger charge is 2.23. The number of hydrogen-bond acceptors (Lipinski definition) is 5. The second kappa shape index (κ2) is 4.77. The highest BCUT2D eigenvalue weighted by atomic mass is 35.5. The van der Waals surface area contributed by atoms with Gasteiger partial charge < -0.3 is 15.4 Å². The molecule has 17 heavy (non-hydrogen) atoms. The normalized spacial score (nSPS) is 15.9. The molecule has 2 rings (SSSR count). The van der Waals surface area contributed by atoms with Crippen LogP contribution >= 0.6 is 11.6 Å². The van der Waals surface area contributed by atoms with Crippen molar-refractivity contribution in [2.75, 3.05) is 36.9 Å². The van der Waals surface area contributed by atoms with Crippen molar-refractivity contribution in [3.63, 3.8) is 0 Å². The van der Waals surface area contributed by atoms with E-state index in [2.05, 4.69) is 0 Å². The van der Waals surface area contributed by atoms with Crippen molar-refractivity contribution in [1.82, 2.24) is 0 Å². The van der Waals surface area contributed by atoms with Crippen LogP contribution in [-0.2, 0) is 4.74 Å². The summed E-state index contributed by atoms with van der Waals surface area (Å²) in [5, 5.41) is 11.2. The Morgan fingerprint density at radius 2 is 2.06 bits per heavy atom. The van der Waals surface area contributed by atoms with Crippen LogP contribution in [0.2, 0.25) is 5.02 Å². The lowest BCUT2D eigenvalue weighted by Gasteiger charge is -2.28. The van der Waals surface area contributed by atoms with Crippen molar-refractivity contribution in [3.05, 3.63) is 27.3 Å². The van der Waals surface area contributed by atoms with Gasteiger partial charge >= 0.3 is 0 Å². The van der Waals surface area contributed by atoms with Crippen LogP contribution in [0.5, 0.6) is 0 Å². The third-order valence-electron chi connectivity index (χ3n) is 2.64. The largest absolute Gasteiger partial charge is 0.397 e. The van der Waals surface area contributed by atoms with Gasteiger partial charge in [0.2, 0.25) is 0 Å². The molecule has 1 fully saturated rings. The van der Waals surface area contributed by atoms with Gasteiger partial charge in [0.15, 0.2) is 0 Å². The molecule has 0 spiro atoms. The molecule has 1 aromatic carbocycles. The average Bonchev–Trinajstić information content (AvgIpc) is 2.33. The van der Waals surface area contributed by atoms with Gasteiger partial charge in [-0.1, -0.05) is 11.6 Å². The molecular formula is C10H12ClN3O3. The minimum Gasteiger partial charge on any atom is -0.397 e. The lowest BCUT2D eigenvalue weighted by molar-refractivity contribution is -0.384. The highest BCUT2D eigenvalue weighted by Crippen LogP contribution is 2.35. The zero-order valence-corrected chi connectivity index (χ0v) is 9.81. The number of morpholine rings is 1. The number of rotatable bonds is 2. The number of hydrogen-bond donors (Lipinski definition) is 1. The molecule has 0 aromatic heterocycles. The van der Waals surface area contributed by atoms with Crippen molar-refractivity contribution in [2.45, 2.75) is 0 Å². The van der Waals surface area contributed by atoms with E-state index in [4.69, 9.17) is 22.1 Å². The summed E-state index contributed by atoms with van der Waals surface area (Å²) in [6.07, 6.45) is 0. The summed E-state index contributed by atoms with van der Waals surface area (Å²) in [5.41, 5.74) is 6.51. The van der Waals surface area contributed by atoms with Gasteiger partial charge in [-0.05, 0) is 6.07 Å². The third kappa shape index (κ3) is 2.42. The van der Waals surface area contributed by atoms with Crippen molar-refractivity contribution >= 4 is 28.7 Å². The molecule has 92 valence electrons. The molecule has 0 amide bonds. The first-order chi connectivity index (χ1) is 8.09. The first-order valence-corrected chi connectivity index (χ1v) is 5.53. The first kappa shape index (κ1) is 11.9. The number of nitro benzene ring substituents is 1. The molecule has 6 nitrogen and oxygen atoms in total. The van der Waals surface area contributed by atoms with Crippen LogP contribution in [0.25, 0.3) is 0 Å². The fraction of sp³-hybridized carbons (Fsp3) is 0.400. The van der Waals surface area contributed by atoms with Gasteiger partial charge in [-0.3, -0.25) is 10.1 Å². The van der Waals surface area contributed by atoms with E-state index in [1.165, 1.54) is 6.07 Å². The smallest absolute Gasteiger partial charge is 0.294 e. The summed E-state index contributed by atoms with van der Waals surface area (Å²) in [6.45, 7) is 2.34. The molecular weight excluding hydrogens is 246 g/mol. The number of nitro groups is 1. The molecule has 0 radical (unpaired) electrons. The Morgan fingerprint density at radius 3 is 2.65 bits per heavy atom. The van der Waals surface area contributed by atoms with E-state index in [9.17, 15) is 10.1 Å². The maximum Gasteiger partial charge on any atom is 0.294 e. The van der Waals surface area contributed by atoms with Crippen LogP contribution in [-0.4, -0.2) is 31.2 Å². The van der Waals surface area contributed by atoms with E-state index >= 15 is 0 Å². The summed E-state index contributed by atoms with van der Waals surface area (Å²) >= 11 is 5.80. The summed E-state index contributed by atoms with van der Waals surface area (Å²) in [5.74, 6) is 0. The number of halogens is 1. The number of benzene rings is 1. The zero-order chi connectivity index (χ0) is 12.4. The number of nitrogen functional groups attached to an aromatic ring is 1. The standard InChI is InChI=1S/C10H12ClN3O3/c11-7-5-10(14(15)16)9(6-8(7)12)13-1-3-17-4-2-13/h5-6H,1-4,12H2. The Labute approximate surface area is 103 Å². The van der Waals surface area contributed by atoms with Crippen molar-refractivity contribution in [2.24, 2.45) is 0 Å². The predicted octanol–water partition coefficient (Wildman–Crippen LogP) is 1.67. The van der Waals surface area contributed by atoms with E-state index in [0.717, 1.165) is 0 Å². The second-order valence-electron chi connectivity index (χ2n) is 3.72. The van der Waals surface area contributed by atoms with Gasteiger partial charge in [0, 0.05) is 19.2 Å². The molecule has 1 aromatic rings. The van der Waals surface area contributed by atoms with Crippen molar-refractivity contribution < 1.29 is 9.66 Å². The fourth-order valence-electron chi connectivity index (χ4n) is 1.77. The molecule has 0 aliphatic carbocycles.